The van der Waals surface area contributed by atoms with E-state index in [1.165, 1.54) is 13.2 Å². The number of imidazole rings is 1. The molecule has 21 heavy (non-hydrogen) atoms. The Morgan fingerprint density at radius 3 is 3.00 bits per heavy atom. The Morgan fingerprint density at radius 1 is 1.57 bits per heavy atom. The molecule has 1 saturated heterocycles. The van der Waals surface area contributed by atoms with E-state index < -0.39 is 5.82 Å². The molecular weight excluding hydrogens is 295 g/mol. The van der Waals surface area contributed by atoms with Crippen molar-refractivity contribution in [3.05, 3.63) is 23.8 Å². The Balaban J connectivity index is 2.10. The maximum atomic E-state index is 13.8. The normalized spacial score (nSPS) is 20.1. The van der Waals surface area contributed by atoms with Crippen LogP contribution in [0.4, 0.5) is 4.39 Å². The van der Waals surface area contributed by atoms with Crippen LogP contribution < -0.4 is 4.74 Å². The maximum Gasteiger partial charge on any atom is 0.167 e. The lowest BCUT2D eigenvalue weighted by atomic mass is 10.2. The fraction of sp³-hybridized carbons (Fsp3) is 0.533. The fourth-order valence-electron chi connectivity index (χ4n) is 2.79. The molecule has 2 atom stereocenters. The first-order chi connectivity index (χ1) is 10.1. The van der Waals surface area contributed by atoms with Crippen molar-refractivity contribution in [3.8, 4) is 5.75 Å². The van der Waals surface area contributed by atoms with Crippen LogP contribution in [0.1, 0.15) is 31.0 Å². The summed E-state index contributed by atoms with van der Waals surface area (Å²) in [6.07, 6.45) is 2.25. The first-order valence-corrected chi connectivity index (χ1v) is 7.53. The fourth-order valence-corrected chi connectivity index (χ4v) is 2.96. The second kappa shape index (κ2) is 5.81. The largest absolute Gasteiger partial charge is 0.494 e. The molecule has 0 N–H and O–H groups in total. The second-order valence-corrected chi connectivity index (χ2v) is 5.96. The van der Waals surface area contributed by atoms with Crippen LogP contribution in [0, 0.1) is 5.82 Å². The number of aromatic nitrogens is 2. The zero-order chi connectivity index (χ0) is 15.0. The van der Waals surface area contributed by atoms with Gasteiger partial charge in [-0.05, 0) is 19.8 Å². The first-order valence-electron chi connectivity index (χ1n) is 7.09. The Morgan fingerprint density at radius 2 is 2.38 bits per heavy atom. The molecule has 0 amide bonds. The number of fused-ring (bicyclic) bond motifs is 1. The van der Waals surface area contributed by atoms with E-state index in [0.29, 0.717) is 12.1 Å². The van der Waals surface area contributed by atoms with Crippen molar-refractivity contribution in [2.75, 3.05) is 13.7 Å². The van der Waals surface area contributed by atoms with Crippen molar-refractivity contribution in [2.24, 2.45) is 0 Å². The van der Waals surface area contributed by atoms with Gasteiger partial charge in [-0.1, -0.05) is 0 Å². The standard InChI is InChI=1S/C15H18ClFN2O2/c1-9(16)15-18-12-6-11(17)14(20-2)7-13(12)19(15)8-10-4-3-5-21-10/h6-7,9-10H,3-5,8H2,1-2H3. The first kappa shape index (κ1) is 14.6. The van der Waals surface area contributed by atoms with E-state index in [-0.39, 0.29) is 17.2 Å². The molecule has 3 rings (SSSR count). The van der Waals surface area contributed by atoms with Crippen LogP contribution >= 0.6 is 11.6 Å². The predicted octanol–water partition coefficient (Wildman–Crippen LogP) is 3.66. The van der Waals surface area contributed by atoms with Crippen LogP contribution in [0.5, 0.6) is 5.75 Å². The van der Waals surface area contributed by atoms with Crippen LogP contribution in [0.15, 0.2) is 12.1 Å². The number of hydrogen-bond acceptors (Lipinski definition) is 3. The van der Waals surface area contributed by atoms with E-state index in [0.717, 1.165) is 30.8 Å². The zero-order valence-electron chi connectivity index (χ0n) is 12.1. The van der Waals surface area contributed by atoms with Gasteiger partial charge < -0.3 is 14.0 Å². The van der Waals surface area contributed by atoms with E-state index in [4.69, 9.17) is 21.1 Å². The summed E-state index contributed by atoms with van der Waals surface area (Å²) in [6.45, 7) is 3.33. The van der Waals surface area contributed by atoms with Gasteiger partial charge in [-0.25, -0.2) is 9.37 Å². The molecular formula is C15H18ClFN2O2. The molecule has 0 saturated carbocycles. The third-order valence-electron chi connectivity index (χ3n) is 3.82. The topological polar surface area (TPSA) is 36.3 Å². The van der Waals surface area contributed by atoms with Gasteiger partial charge in [0, 0.05) is 18.7 Å². The monoisotopic (exact) mass is 312 g/mol. The molecule has 0 bridgehead atoms. The van der Waals surface area contributed by atoms with Crippen molar-refractivity contribution in [1.29, 1.82) is 0 Å². The van der Waals surface area contributed by atoms with Crippen LogP contribution in [-0.4, -0.2) is 29.4 Å². The van der Waals surface area contributed by atoms with E-state index in [1.807, 2.05) is 11.5 Å². The number of methoxy groups -OCH3 is 1. The van der Waals surface area contributed by atoms with Gasteiger partial charge in [-0.3, -0.25) is 0 Å². The highest BCUT2D eigenvalue weighted by Gasteiger charge is 2.22. The zero-order valence-corrected chi connectivity index (χ0v) is 12.9. The Hall–Kier alpha value is -1.33. The van der Waals surface area contributed by atoms with E-state index in [1.54, 1.807) is 6.07 Å². The Bertz CT molecular complexity index is 651. The van der Waals surface area contributed by atoms with Crippen LogP contribution in [-0.2, 0) is 11.3 Å². The van der Waals surface area contributed by atoms with E-state index in [9.17, 15) is 4.39 Å². The minimum Gasteiger partial charge on any atom is -0.494 e. The third-order valence-corrected chi connectivity index (χ3v) is 4.01. The molecule has 6 heteroatoms. The number of hydrogen-bond donors (Lipinski definition) is 0. The van der Waals surface area contributed by atoms with Crippen molar-refractivity contribution in [2.45, 2.75) is 37.8 Å². The summed E-state index contributed by atoms with van der Waals surface area (Å²) in [4.78, 5) is 4.47. The molecule has 2 heterocycles. The maximum absolute atomic E-state index is 13.8. The molecule has 2 unspecified atom stereocenters. The van der Waals surface area contributed by atoms with Gasteiger partial charge in [0.2, 0.25) is 0 Å². The van der Waals surface area contributed by atoms with E-state index in [2.05, 4.69) is 4.98 Å². The van der Waals surface area contributed by atoms with Crippen molar-refractivity contribution in [3.63, 3.8) is 0 Å². The van der Waals surface area contributed by atoms with Crippen LogP contribution in [0.2, 0.25) is 0 Å². The lowest BCUT2D eigenvalue weighted by Crippen LogP contribution is -2.17. The van der Waals surface area contributed by atoms with Gasteiger partial charge in [0.1, 0.15) is 5.82 Å². The molecule has 1 aromatic carbocycles. The SMILES string of the molecule is COc1cc2c(cc1F)nc(C(C)Cl)n2CC1CCCO1. The third kappa shape index (κ3) is 2.72. The summed E-state index contributed by atoms with van der Waals surface area (Å²) in [6, 6.07) is 3.07. The van der Waals surface area contributed by atoms with Gasteiger partial charge in [-0.15, -0.1) is 11.6 Å². The predicted molar refractivity (Wildman–Crippen MR) is 79.5 cm³/mol. The number of nitrogens with zero attached hydrogens (tertiary/aromatic N) is 2. The molecule has 0 aliphatic carbocycles. The summed E-state index contributed by atoms with van der Waals surface area (Å²) in [5.41, 5.74) is 1.42. The highest BCUT2D eigenvalue weighted by atomic mass is 35.5. The van der Waals surface area contributed by atoms with Crippen molar-refractivity contribution >= 4 is 22.6 Å². The summed E-state index contributed by atoms with van der Waals surface area (Å²) in [5.74, 6) is 0.528. The average Bonchev–Trinajstić information content (AvgIpc) is 3.06. The van der Waals surface area contributed by atoms with Crippen molar-refractivity contribution in [1.82, 2.24) is 9.55 Å². The highest BCUT2D eigenvalue weighted by Crippen LogP contribution is 2.30. The molecule has 0 spiro atoms. The highest BCUT2D eigenvalue weighted by molar-refractivity contribution is 6.20. The smallest absolute Gasteiger partial charge is 0.167 e. The quantitative estimate of drug-likeness (QED) is 0.808. The number of alkyl halides is 1. The lowest BCUT2D eigenvalue weighted by Gasteiger charge is -2.15. The summed E-state index contributed by atoms with van der Waals surface area (Å²) >= 11 is 6.23. The number of rotatable bonds is 4. The van der Waals surface area contributed by atoms with Gasteiger partial charge in [0.15, 0.2) is 11.6 Å². The molecule has 1 aliphatic rings. The molecule has 1 aromatic heterocycles. The van der Waals surface area contributed by atoms with Crippen molar-refractivity contribution < 1.29 is 13.9 Å². The number of halogens is 2. The minimum absolute atomic E-state index is 0.160. The number of benzene rings is 1. The number of ether oxygens (including phenoxy) is 2. The molecule has 0 radical (unpaired) electrons. The molecule has 4 nitrogen and oxygen atoms in total. The molecule has 114 valence electrons. The van der Waals surface area contributed by atoms with E-state index >= 15 is 0 Å². The summed E-state index contributed by atoms with van der Waals surface area (Å²) in [7, 11) is 1.45. The summed E-state index contributed by atoms with van der Waals surface area (Å²) in [5, 5.41) is -0.257. The molecule has 1 aliphatic heterocycles. The minimum atomic E-state index is -0.416. The lowest BCUT2D eigenvalue weighted by molar-refractivity contribution is 0.0972. The second-order valence-electron chi connectivity index (χ2n) is 5.31. The van der Waals surface area contributed by atoms with Crippen LogP contribution in [0.3, 0.4) is 0 Å². The molecule has 2 aromatic rings. The van der Waals surface area contributed by atoms with Gasteiger partial charge in [0.05, 0.1) is 36.2 Å². The summed E-state index contributed by atoms with van der Waals surface area (Å²) < 4.78 is 26.6. The van der Waals surface area contributed by atoms with Gasteiger partial charge in [-0.2, -0.15) is 0 Å². The Kier molecular flexibility index (Phi) is 4.04. The average molecular weight is 313 g/mol. The van der Waals surface area contributed by atoms with Gasteiger partial charge >= 0.3 is 0 Å². The Labute approximate surface area is 127 Å². The van der Waals surface area contributed by atoms with Gasteiger partial charge in [0.25, 0.3) is 0 Å². The van der Waals surface area contributed by atoms with Crippen LogP contribution in [0.25, 0.3) is 11.0 Å². The molecule has 1 fully saturated rings.